The zero-order chi connectivity index (χ0) is 13.6. The molecule has 3 atom stereocenters. The summed E-state index contributed by atoms with van der Waals surface area (Å²) in [6.45, 7) is 9.20. The molecule has 0 aromatic carbocycles. The van der Waals surface area contributed by atoms with Gasteiger partial charge in [0.05, 0.1) is 13.5 Å². The average molecular weight is 250 g/mol. The Morgan fingerprint density at radius 3 is 2.56 bits per heavy atom. The Morgan fingerprint density at radius 1 is 1.39 bits per heavy atom. The van der Waals surface area contributed by atoms with E-state index < -0.39 is 0 Å². The summed E-state index contributed by atoms with van der Waals surface area (Å²) >= 11 is 0. The van der Waals surface area contributed by atoms with Crippen LogP contribution in [0.3, 0.4) is 0 Å². The Balaban J connectivity index is 1.89. The number of allylic oxidation sites excluding steroid dienone is 2. The number of rotatable bonds is 4. The molecule has 0 amide bonds. The van der Waals surface area contributed by atoms with Crippen LogP contribution in [0.4, 0.5) is 0 Å². The maximum absolute atomic E-state index is 11.4. The quantitative estimate of drug-likeness (QED) is 0.557. The van der Waals surface area contributed by atoms with Gasteiger partial charge in [0.15, 0.2) is 0 Å². The third-order valence-corrected chi connectivity index (χ3v) is 5.63. The SMILES string of the molecule is COC(=O)CC1(C)CC1CC1CC=C(C)C1(C)C. The molecule has 18 heavy (non-hydrogen) atoms. The molecule has 102 valence electrons. The van der Waals surface area contributed by atoms with Crippen LogP contribution in [0.5, 0.6) is 0 Å². The Kier molecular flexibility index (Phi) is 3.33. The molecule has 0 aromatic rings. The fourth-order valence-electron chi connectivity index (χ4n) is 3.42. The van der Waals surface area contributed by atoms with Crippen LogP contribution < -0.4 is 0 Å². The van der Waals surface area contributed by atoms with Crippen LogP contribution in [0.15, 0.2) is 11.6 Å². The van der Waals surface area contributed by atoms with Crippen LogP contribution in [-0.4, -0.2) is 13.1 Å². The lowest BCUT2D eigenvalue weighted by molar-refractivity contribution is -0.142. The Bertz CT molecular complexity index is 381. The number of ether oxygens (including phenoxy) is 1. The Morgan fingerprint density at radius 2 is 2.06 bits per heavy atom. The van der Waals surface area contributed by atoms with Gasteiger partial charge in [-0.3, -0.25) is 4.79 Å². The van der Waals surface area contributed by atoms with E-state index in [-0.39, 0.29) is 11.4 Å². The molecule has 0 bridgehead atoms. The molecule has 2 heteroatoms. The van der Waals surface area contributed by atoms with Crippen molar-refractivity contribution < 1.29 is 9.53 Å². The summed E-state index contributed by atoms with van der Waals surface area (Å²) in [5, 5.41) is 0. The number of carbonyl (C=O) groups excluding carboxylic acids is 1. The van der Waals surface area contributed by atoms with Crippen molar-refractivity contribution in [1.29, 1.82) is 0 Å². The molecule has 3 unspecified atom stereocenters. The first-order valence-corrected chi connectivity index (χ1v) is 7.03. The summed E-state index contributed by atoms with van der Waals surface area (Å²) in [4.78, 5) is 11.4. The van der Waals surface area contributed by atoms with Gasteiger partial charge >= 0.3 is 5.97 Å². The van der Waals surface area contributed by atoms with Crippen molar-refractivity contribution >= 4 is 5.97 Å². The summed E-state index contributed by atoms with van der Waals surface area (Å²) in [7, 11) is 1.48. The maximum atomic E-state index is 11.4. The van der Waals surface area contributed by atoms with Gasteiger partial charge < -0.3 is 4.74 Å². The normalized spacial score (nSPS) is 37.3. The van der Waals surface area contributed by atoms with Crippen LogP contribution in [0.25, 0.3) is 0 Å². The van der Waals surface area contributed by atoms with E-state index in [0.29, 0.717) is 17.8 Å². The second kappa shape index (κ2) is 4.40. The third-order valence-electron chi connectivity index (χ3n) is 5.63. The lowest BCUT2D eigenvalue weighted by Crippen LogP contribution is -2.22. The summed E-state index contributed by atoms with van der Waals surface area (Å²) in [6, 6.07) is 0. The minimum Gasteiger partial charge on any atom is -0.469 e. The molecule has 1 saturated carbocycles. The molecule has 0 N–H and O–H groups in total. The third kappa shape index (κ3) is 2.34. The van der Waals surface area contributed by atoms with Gasteiger partial charge in [0.25, 0.3) is 0 Å². The van der Waals surface area contributed by atoms with Crippen LogP contribution in [-0.2, 0) is 9.53 Å². The van der Waals surface area contributed by atoms with Crippen LogP contribution in [0.1, 0.15) is 53.4 Å². The summed E-state index contributed by atoms with van der Waals surface area (Å²) in [5.41, 5.74) is 2.08. The molecule has 0 saturated heterocycles. The van der Waals surface area contributed by atoms with Crippen molar-refractivity contribution in [3.8, 4) is 0 Å². The monoisotopic (exact) mass is 250 g/mol. The minimum absolute atomic E-state index is 0.0556. The van der Waals surface area contributed by atoms with E-state index in [1.54, 1.807) is 0 Å². The van der Waals surface area contributed by atoms with E-state index in [1.165, 1.54) is 31.9 Å². The van der Waals surface area contributed by atoms with Gasteiger partial charge in [0.1, 0.15) is 0 Å². The number of hydrogen-bond donors (Lipinski definition) is 0. The largest absolute Gasteiger partial charge is 0.469 e. The zero-order valence-corrected chi connectivity index (χ0v) is 12.4. The molecule has 0 aromatic heterocycles. The molecular formula is C16H26O2. The number of carbonyl (C=O) groups is 1. The number of esters is 1. The summed E-state index contributed by atoms with van der Waals surface area (Å²) in [6.07, 6.45) is 6.64. The fraction of sp³-hybridized carbons (Fsp3) is 0.812. The van der Waals surface area contributed by atoms with Gasteiger partial charge in [-0.25, -0.2) is 0 Å². The van der Waals surface area contributed by atoms with Crippen LogP contribution in [0.2, 0.25) is 0 Å². The van der Waals surface area contributed by atoms with Crippen molar-refractivity contribution in [2.24, 2.45) is 22.7 Å². The number of methoxy groups -OCH3 is 1. The molecular weight excluding hydrogens is 224 g/mol. The topological polar surface area (TPSA) is 26.3 Å². The fourth-order valence-corrected chi connectivity index (χ4v) is 3.42. The maximum Gasteiger partial charge on any atom is 0.306 e. The lowest BCUT2D eigenvalue weighted by atomic mass is 9.74. The summed E-state index contributed by atoms with van der Waals surface area (Å²) < 4.78 is 4.79. The van der Waals surface area contributed by atoms with E-state index in [9.17, 15) is 4.79 Å². The van der Waals surface area contributed by atoms with Crippen molar-refractivity contribution in [2.45, 2.75) is 53.4 Å². The summed E-state index contributed by atoms with van der Waals surface area (Å²) in [5.74, 6) is 1.40. The van der Waals surface area contributed by atoms with Gasteiger partial charge in [-0.05, 0) is 48.9 Å². The van der Waals surface area contributed by atoms with Gasteiger partial charge in [-0.1, -0.05) is 32.4 Å². The standard InChI is InChI=1S/C16H26O2/c1-11-6-7-12(15(11,2)3)8-13-9-16(13,4)10-14(17)18-5/h6,12-13H,7-10H2,1-5H3. The highest BCUT2D eigenvalue weighted by molar-refractivity contribution is 5.70. The second-order valence-electron chi connectivity index (χ2n) is 7.09. The van der Waals surface area contributed by atoms with E-state index in [1.807, 2.05) is 0 Å². The van der Waals surface area contributed by atoms with Gasteiger partial charge in [0.2, 0.25) is 0 Å². The van der Waals surface area contributed by atoms with Crippen LogP contribution in [0, 0.1) is 22.7 Å². The molecule has 2 aliphatic carbocycles. The highest BCUT2D eigenvalue weighted by Gasteiger charge is 2.53. The highest BCUT2D eigenvalue weighted by atomic mass is 16.5. The predicted octanol–water partition coefficient (Wildman–Crippen LogP) is 3.96. The van der Waals surface area contributed by atoms with Crippen molar-refractivity contribution in [3.05, 3.63) is 11.6 Å². The van der Waals surface area contributed by atoms with Gasteiger partial charge in [0, 0.05) is 0 Å². The van der Waals surface area contributed by atoms with Gasteiger partial charge in [-0.15, -0.1) is 0 Å². The minimum atomic E-state index is -0.0556. The molecule has 0 aliphatic heterocycles. The predicted molar refractivity (Wildman–Crippen MR) is 73.1 cm³/mol. The van der Waals surface area contributed by atoms with E-state index in [2.05, 4.69) is 33.8 Å². The first-order valence-electron chi connectivity index (χ1n) is 7.03. The first-order chi connectivity index (χ1) is 8.29. The molecule has 2 aliphatic rings. The molecule has 2 rings (SSSR count). The molecule has 0 spiro atoms. The highest BCUT2D eigenvalue weighted by Crippen LogP contribution is 2.60. The van der Waals surface area contributed by atoms with E-state index in [0.717, 1.165) is 5.92 Å². The van der Waals surface area contributed by atoms with Crippen LogP contribution >= 0.6 is 0 Å². The molecule has 2 nitrogen and oxygen atoms in total. The Labute approximate surface area is 111 Å². The molecule has 1 fully saturated rings. The average Bonchev–Trinajstić information content (AvgIpc) is 2.85. The van der Waals surface area contributed by atoms with Gasteiger partial charge in [-0.2, -0.15) is 0 Å². The van der Waals surface area contributed by atoms with E-state index >= 15 is 0 Å². The smallest absolute Gasteiger partial charge is 0.306 e. The van der Waals surface area contributed by atoms with Crippen molar-refractivity contribution in [3.63, 3.8) is 0 Å². The van der Waals surface area contributed by atoms with Crippen molar-refractivity contribution in [2.75, 3.05) is 7.11 Å². The second-order valence-corrected chi connectivity index (χ2v) is 7.09. The Hall–Kier alpha value is -0.790. The lowest BCUT2D eigenvalue weighted by Gasteiger charge is -2.30. The molecule has 0 radical (unpaired) electrons. The number of hydrogen-bond acceptors (Lipinski definition) is 2. The van der Waals surface area contributed by atoms with E-state index in [4.69, 9.17) is 4.74 Å². The first kappa shape index (κ1) is 13.6. The zero-order valence-electron chi connectivity index (χ0n) is 12.4. The molecule has 0 heterocycles. The van der Waals surface area contributed by atoms with Crippen molar-refractivity contribution in [1.82, 2.24) is 0 Å².